The number of aryl methyl sites for hydroxylation is 1. The molecular weight excluding hydrogens is 472 g/mol. The molecule has 2 amide bonds. The van der Waals surface area contributed by atoms with Gasteiger partial charge in [-0.15, -0.1) is 0 Å². The minimum absolute atomic E-state index is 0.0279. The number of benzene rings is 3. The van der Waals surface area contributed by atoms with Crippen molar-refractivity contribution in [2.45, 2.75) is 58.7 Å². The van der Waals surface area contributed by atoms with E-state index in [1.807, 2.05) is 75.4 Å². The first-order valence-corrected chi connectivity index (χ1v) is 12.8. The summed E-state index contributed by atoms with van der Waals surface area (Å²) in [6.07, 6.45) is 1.26. The highest BCUT2D eigenvalue weighted by Crippen LogP contribution is 2.18. The molecule has 0 radical (unpaired) electrons. The molecule has 0 spiro atoms. The number of hydrogen-bond donors (Lipinski definition) is 1. The van der Waals surface area contributed by atoms with Gasteiger partial charge < -0.3 is 15.0 Å². The van der Waals surface area contributed by atoms with Crippen LogP contribution in [0.4, 0.5) is 0 Å². The Labute approximate surface area is 219 Å². The number of rotatable bonds is 12. The fourth-order valence-electron chi connectivity index (χ4n) is 3.91. The second-order valence-corrected chi connectivity index (χ2v) is 9.72. The predicted octanol–water partition coefficient (Wildman–Crippen LogP) is 5.97. The van der Waals surface area contributed by atoms with Crippen molar-refractivity contribution in [1.82, 2.24) is 10.2 Å². The topological polar surface area (TPSA) is 58.6 Å². The van der Waals surface area contributed by atoms with Crippen LogP contribution in [-0.2, 0) is 22.6 Å². The van der Waals surface area contributed by atoms with Gasteiger partial charge in [-0.05, 0) is 62.6 Å². The third-order valence-corrected chi connectivity index (χ3v) is 6.04. The van der Waals surface area contributed by atoms with Crippen molar-refractivity contribution in [3.8, 4) is 5.75 Å². The molecule has 1 N–H and O–H groups in total. The van der Waals surface area contributed by atoms with Crippen LogP contribution in [0.1, 0.15) is 43.4 Å². The molecule has 36 heavy (non-hydrogen) atoms. The SMILES string of the molecule is Cc1ccc(CN(C(=O)CCCOc2ccc(Cl)cc2)C(Cc2ccccc2)C(=O)NC(C)C)cc1. The second kappa shape index (κ2) is 13.7. The zero-order valence-corrected chi connectivity index (χ0v) is 22.0. The zero-order chi connectivity index (χ0) is 25.9. The van der Waals surface area contributed by atoms with Crippen LogP contribution in [0.5, 0.6) is 5.75 Å². The number of nitrogens with zero attached hydrogens (tertiary/aromatic N) is 1. The van der Waals surface area contributed by atoms with E-state index in [2.05, 4.69) is 5.32 Å². The summed E-state index contributed by atoms with van der Waals surface area (Å²) in [5, 5.41) is 3.67. The van der Waals surface area contributed by atoms with Gasteiger partial charge in [-0.1, -0.05) is 71.8 Å². The van der Waals surface area contributed by atoms with Gasteiger partial charge in [0, 0.05) is 30.5 Å². The molecule has 1 atom stereocenters. The van der Waals surface area contributed by atoms with E-state index in [0.717, 1.165) is 16.7 Å². The smallest absolute Gasteiger partial charge is 0.243 e. The molecule has 0 saturated heterocycles. The van der Waals surface area contributed by atoms with Crippen LogP contribution in [0.3, 0.4) is 0 Å². The molecule has 190 valence electrons. The molecule has 6 heteroatoms. The number of carbonyl (C=O) groups excluding carboxylic acids is 2. The van der Waals surface area contributed by atoms with E-state index in [-0.39, 0.29) is 24.3 Å². The third-order valence-electron chi connectivity index (χ3n) is 5.79. The maximum atomic E-state index is 13.6. The molecule has 0 fully saturated rings. The molecule has 3 aromatic carbocycles. The Kier molecular flexibility index (Phi) is 10.4. The molecule has 3 rings (SSSR count). The maximum absolute atomic E-state index is 13.6. The average Bonchev–Trinajstić information content (AvgIpc) is 2.86. The first-order chi connectivity index (χ1) is 17.3. The summed E-state index contributed by atoms with van der Waals surface area (Å²) in [4.78, 5) is 28.6. The van der Waals surface area contributed by atoms with Crippen LogP contribution in [0.25, 0.3) is 0 Å². The van der Waals surface area contributed by atoms with Crippen molar-refractivity contribution in [1.29, 1.82) is 0 Å². The van der Waals surface area contributed by atoms with Crippen LogP contribution in [0, 0.1) is 6.92 Å². The van der Waals surface area contributed by atoms with E-state index in [4.69, 9.17) is 16.3 Å². The third kappa shape index (κ3) is 8.72. The fourth-order valence-corrected chi connectivity index (χ4v) is 4.04. The second-order valence-electron chi connectivity index (χ2n) is 9.28. The van der Waals surface area contributed by atoms with Crippen molar-refractivity contribution in [2.75, 3.05) is 6.61 Å². The van der Waals surface area contributed by atoms with Gasteiger partial charge in [0.1, 0.15) is 11.8 Å². The quantitative estimate of drug-likeness (QED) is 0.308. The lowest BCUT2D eigenvalue weighted by Crippen LogP contribution is -2.51. The fraction of sp³-hybridized carbons (Fsp3) is 0.333. The Balaban J connectivity index is 1.77. The van der Waals surface area contributed by atoms with Crippen LogP contribution < -0.4 is 10.1 Å². The summed E-state index contributed by atoms with van der Waals surface area (Å²) >= 11 is 5.93. The van der Waals surface area contributed by atoms with E-state index >= 15 is 0 Å². The van der Waals surface area contributed by atoms with Crippen LogP contribution in [0.2, 0.25) is 5.02 Å². The molecule has 0 aliphatic rings. The molecule has 0 aliphatic heterocycles. The number of carbonyl (C=O) groups is 2. The normalized spacial score (nSPS) is 11.7. The predicted molar refractivity (Wildman–Crippen MR) is 145 cm³/mol. The number of hydrogen-bond acceptors (Lipinski definition) is 3. The Hall–Kier alpha value is -3.31. The summed E-state index contributed by atoms with van der Waals surface area (Å²) < 4.78 is 5.77. The van der Waals surface area contributed by atoms with Gasteiger partial charge in [0.25, 0.3) is 0 Å². The Bertz CT molecular complexity index is 1100. The lowest BCUT2D eigenvalue weighted by Gasteiger charge is -2.32. The average molecular weight is 507 g/mol. The number of amides is 2. The number of nitrogens with one attached hydrogen (secondary N) is 1. The standard InChI is InChI=1S/C30H35ClN2O3/c1-22(2)32-30(35)28(20-24-8-5-4-6-9-24)33(21-25-13-11-23(3)12-14-25)29(34)10-7-19-36-27-17-15-26(31)16-18-27/h4-6,8-9,11-18,22,28H,7,10,19-21H2,1-3H3,(H,32,35). The molecule has 0 aromatic heterocycles. The van der Waals surface area contributed by atoms with Gasteiger partial charge in [-0.3, -0.25) is 9.59 Å². The van der Waals surface area contributed by atoms with Gasteiger partial charge in [-0.25, -0.2) is 0 Å². The van der Waals surface area contributed by atoms with Crippen LogP contribution in [-0.4, -0.2) is 35.4 Å². The number of halogens is 1. The van der Waals surface area contributed by atoms with Gasteiger partial charge in [0.15, 0.2) is 0 Å². The van der Waals surface area contributed by atoms with Gasteiger partial charge in [0.05, 0.1) is 6.61 Å². The Morgan fingerprint density at radius 3 is 2.22 bits per heavy atom. The molecule has 1 unspecified atom stereocenters. The highest BCUT2D eigenvalue weighted by atomic mass is 35.5. The molecule has 0 heterocycles. The van der Waals surface area contributed by atoms with Crippen molar-refractivity contribution >= 4 is 23.4 Å². The lowest BCUT2D eigenvalue weighted by atomic mass is 10.0. The zero-order valence-electron chi connectivity index (χ0n) is 21.2. The van der Waals surface area contributed by atoms with Crippen molar-refractivity contribution in [3.05, 3.63) is 101 Å². The Morgan fingerprint density at radius 2 is 1.58 bits per heavy atom. The van der Waals surface area contributed by atoms with E-state index in [1.54, 1.807) is 29.2 Å². The lowest BCUT2D eigenvalue weighted by molar-refractivity contribution is -0.141. The van der Waals surface area contributed by atoms with E-state index in [1.165, 1.54) is 0 Å². The van der Waals surface area contributed by atoms with Crippen molar-refractivity contribution < 1.29 is 14.3 Å². The molecule has 0 bridgehead atoms. The van der Waals surface area contributed by atoms with Gasteiger partial charge in [0.2, 0.25) is 11.8 Å². The maximum Gasteiger partial charge on any atom is 0.243 e. The van der Waals surface area contributed by atoms with Crippen LogP contribution >= 0.6 is 11.6 Å². The molecule has 0 aliphatic carbocycles. The van der Waals surface area contributed by atoms with Crippen LogP contribution in [0.15, 0.2) is 78.9 Å². The monoisotopic (exact) mass is 506 g/mol. The molecule has 3 aromatic rings. The summed E-state index contributed by atoms with van der Waals surface area (Å²) in [5.41, 5.74) is 3.14. The first-order valence-electron chi connectivity index (χ1n) is 12.4. The summed E-state index contributed by atoms with van der Waals surface area (Å²) in [5.74, 6) is 0.489. The summed E-state index contributed by atoms with van der Waals surface area (Å²) in [7, 11) is 0. The Morgan fingerprint density at radius 1 is 0.917 bits per heavy atom. The molecular formula is C30H35ClN2O3. The minimum atomic E-state index is -0.624. The minimum Gasteiger partial charge on any atom is -0.494 e. The van der Waals surface area contributed by atoms with E-state index < -0.39 is 6.04 Å². The van der Waals surface area contributed by atoms with Gasteiger partial charge in [-0.2, -0.15) is 0 Å². The van der Waals surface area contributed by atoms with Gasteiger partial charge >= 0.3 is 0 Å². The summed E-state index contributed by atoms with van der Waals surface area (Å²) in [6, 6.07) is 24.4. The van der Waals surface area contributed by atoms with E-state index in [9.17, 15) is 9.59 Å². The highest BCUT2D eigenvalue weighted by Gasteiger charge is 2.30. The van der Waals surface area contributed by atoms with E-state index in [0.29, 0.717) is 36.8 Å². The largest absolute Gasteiger partial charge is 0.494 e. The van der Waals surface area contributed by atoms with Crippen molar-refractivity contribution in [3.63, 3.8) is 0 Å². The molecule has 0 saturated carbocycles. The highest BCUT2D eigenvalue weighted by molar-refractivity contribution is 6.30. The number of ether oxygens (including phenoxy) is 1. The van der Waals surface area contributed by atoms with Crippen molar-refractivity contribution in [2.24, 2.45) is 0 Å². The molecule has 5 nitrogen and oxygen atoms in total. The summed E-state index contributed by atoms with van der Waals surface area (Å²) in [6.45, 7) is 6.64. The first kappa shape index (κ1) is 27.3.